The van der Waals surface area contributed by atoms with Crippen molar-refractivity contribution >= 4 is 18.6 Å². The van der Waals surface area contributed by atoms with Crippen LogP contribution in [0, 0.1) is 34.6 Å². The van der Waals surface area contributed by atoms with E-state index < -0.39 is 17.0 Å². The van der Waals surface area contributed by atoms with Gasteiger partial charge in [-0.2, -0.15) is 27.8 Å². The first-order chi connectivity index (χ1) is 11.0. The van der Waals surface area contributed by atoms with Gasteiger partial charge in [0.15, 0.2) is 0 Å². The fraction of sp³-hybridized carbons (Fsp3) is 0.450. The fourth-order valence-corrected chi connectivity index (χ4v) is 2.51. The van der Waals surface area contributed by atoms with E-state index >= 15 is 0 Å². The zero-order chi connectivity index (χ0) is 19.1. The van der Waals surface area contributed by atoms with Crippen LogP contribution in [0.25, 0.3) is 0 Å². The summed E-state index contributed by atoms with van der Waals surface area (Å²) in [5.41, 5.74) is 8.37. The zero-order valence-corrected chi connectivity index (χ0v) is 19.1. The Kier molecular flexibility index (Phi) is 10.5. The van der Waals surface area contributed by atoms with E-state index in [-0.39, 0.29) is 5.41 Å². The molecule has 0 spiro atoms. The van der Waals surface area contributed by atoms with Crippen LogP contribution in [0.5, 0.6) is 5.75 Å². The van der Waals surface area contributed by atoms with Gasteiger partial charge in [0.05, 0.1) is 0 Å². The fourth-order valence-electron chi connectivity index (χ4n) is 2.51. The third-order valence-electron chi connectivity index (χ3n) is 4.52. The topological polar surface area (TPSA) is 20.2 Å². The maximum absolute atomic E-state index is 9.45. The van der Waals surface area contributed by atoms with Gasteiger partial charge in [0.1, 0.15) is 5.75 Å². The van der Waals surface area contributed by atoms with Crippen molar-refractivity contribution in [3.63, 3.8) is 0 Å². The first-order valence-corrected chi connectivity index (χ1v) is 12.2. The van der Waals surface area contributed by atoms with Crippen molar-refractivity contribution in [2.24, 2.45) is 0 Å². The van der Waals surface area contributed by atoms with E-state index in [9.17, 15) is 5.11 Å². The molecule has 0 fully saturated rings. The number of aromatic hydroxyl groups is 1. The standard InChI is InChI=1S/C10H14O.C10H15.2ClH.Ti/c1-10(2,3)8-6-4-5-7-9(8)11;1-6-7(2)9(4)10(5)8(6)3;;;/h4-7,11H,1-3H3;1-5H3;2*1H;/q;-1;;;+2/p-2. The molecule has 0 aromatic heterocycles. The second-order valence-corrected chi connectivity index (χ2v) is 9.54. The number of phenolic OH excluding ortho intramolecular Hbond substituents is 1. The number of halogens is 2. The second kappa shape index (κ2) is 10.6. The molecule has 0 amide bonds. The van der Waals surface area contributed by atoms with Crippen LogP contribution in [-0.2, 0) is 22.4 Å². The molecule has 0 saturated carbocycles. The molecule has 0 unspecified atom stereocenters. The molecule has 0 radical (unpaired) electrons. The predicted molar refractivity (Wildman–Crippen MR) is 104 cm³/mol. The Morgan fingerprint density at radius 2 is 1.29 bits per heavy atom. The summed E-state index contributed by atoms with van der Waals surface area (Å²) in [6.45, 7) is 17.3. The van der Waals surface area contributed by atoms with Crippen molar-refractivity contribution in [2.45, 2.75) is 60.8 Å². The molecule has 0 aliphatic carbocycles. The van der Waals surface area contributed by atoms with Crippen LogP contribution < -0.4 is 0 Å². The van der Waals surface area contributed by atoms with Crippen LogP contribution in [0.1, 0.15) is 54.2 Å². The first-order valence-electron chi connectivity index (χ1n) is 7.93. The van der Waals surface area contributed by atoms with Crippen LogP contribution in [0.15, 0.2) is 24.3 Å². The average molecular weight is 404 g/mol. The number of phenols is 1. The Morgan fingerprint density at radius 3 is 1.50 bits per heavy atom. The van der Waals surface area contributed by atoms with Crippen molar-refractivity contribution in [1.29, 1.82) is 0 Å². The first kappa shape index (κ1) is 23.7. The predicted octanol–water partition coefficient (Wildman–Crippen LogP) is 7.01. The Bertz CT molecular complexity index is 560. The Labute approximate surface area is 164 Å². The second-order valence-electron chi connectivity index (χ2n) is 6.96. The average Bonchev–Trinajstić information content (AvgIpc) is 2.66. The van der Waals surface area contributed by atoms with Gasteiger partial charge in [0, 0.05) is 0 Å². The minimum atomic E-state index is -0.556. The van der Waals surface area contributed by atoms with Crippen molar-refractivity contribution < 1.29 is 22.1 Å². The molecule has 0 aliphatic heterocycles. The molecule has 0 aliphatic rings. The summed E-state index contributed by atoms with van der Waals surface area (Å²) in [6.07, 6.45) is 0. The van der Waals surface area contributed by atoms with Gasteiger partial charge in [-0.05, 0) is 17.0 Å². The van der Waals surface area contributed by atoms with E-state index in [1.807, 2.05) is 18.2 Å². The van der Waals surface area contributed by atoms with Crippen LogP contribution >= 0.6 is 18.6 Å². The third kappa shape index (κ3) is 6.88. The quantitative estimate of drug-likeness (QED) is 0.370. The van der Waals surface area contributed by atoms with Gasteiger partial charge in [0.25, 0.3) is 0 Å². The number of hydrogen-bond donors (Lipinski definition) is 1. The molecule has 0 bridgehead atoms. The van der Waals surface area contributed by atoms with Gasteiger partial charge in [-0.25, -0.2) is 0 Å². The van der Waals surface area contributed by atoms with Gasteiger partial charge in [-0.3, -0.25) is 0 Å². The molecule has 2 aromatic rings. The molecule has 2 rings (SSSR count). The van der Waals surface area contributed by atoms with E-state index in [0.717, 1.165) is 5.56 Å². The van der Waals surface area contributed by atoms with E-state index in [0.29, 0.717) is 5.75 Å². The molecular weight excluding hydrogens is 375 g/mol. The molecule has 1 N–H and O–H groups in total. The van der Waals surface area contributed by atoms with Gasteiger partial charge in [-0.15, -0.1) is 0 Å². The van der Waals surface area contributed by atoms with Gasteiger partial charge in [0.2, 0.25) is 0 Å². The summed E-state index contributed by atoms with van der Waals surface area (Å²) < 4.78 is 0. The van der Waals surface area contributed by atoms with Crippen molar-refractivity contribution in [2.75, 3.05) is 0 Å². The summed E-state index contributed by atoms with van der Waals surface area (Å²) in [6, 6.07) is 7.46. The Morgan fingerprint density at radius 1 is 0.917 bits per heavy atom. The molecule has 24 heavy (non-hydrogen) atoms. The van der Waals surface area contributed by atoms with Crippen molar-refractivity contribution in [3.05, 3.63) is 57.6 Å². The van der Waals surface area contributed by atoms with Crippen LogP contribution in [0.2, 0.25) is 0 Å². The summed E-state index contributed by atoms with van der Waals surface area (Å²) in [5, 5.41) is 9.45. The summed E-state index contributed by atoms with van der Waals surface area (Å²) in [4.78, 5) is 0. The molecule has 0 heterocycles. The Hall–Kier alpha value is -0.336. The molecule has 1 nitrogen and oxygen atoms in total. The summed E-state index contributed by atoms with van der Waals surface area (Å²) in [5.74, 6) is 0.389. The summed E-state index contributed by atoms with van der Waals surface area (Å²) >= 11 is -0.556. The SMILES string of the molecule is CC(C)(C)c1ccccc1O.Cc1c(C)c(C)[c-](C)c1C.[Cl][Ti][Cl]. The maximum atomic E-state index is 9.45. The molecule has 0 saturated heterocycles. The number of para-hydroxylation sites is 1. The van der Waals surface area contributed by atoms with E-state index in [4.69, 9.17) is 18.6 Å². The number of rotatable bonds is 0. The van der Waals surface area contributed by atoms with Crippen molar-refractivity contribution in [1.82, 2.24) is 0 Å². The van der Waals surface area contributed by atoms with E-state index in [1.54, 1.807) is 6.07 Å². The van der Waals surface area contributed by atoms with Crippen LogP contribution in [0.3, 0.4) is 0 Å². The number of hydrogen-bond acceptors (Lipinski definition) is 1. The minimum absolute atomic E-state index is 0.0331. The zero-order valence-electron chi connectivity index (χ0n) is 16.0. The van der Waals surface area contributed by atoms with Crippen LogP contribution in [-0.4, -0.2) is 5.11 Å². The van der Waals surface area contributed by atoms with E-state index in [2.05, 4.69) is 55.4 Å². The number of benzene rings is 1. The Balaban J connectivity index is 0.000000381. The molecule has 134 valence electrons. The normalized spacial score (nSPS) is 10.2. The van der Waals surface area contributed by atoms with Gasteiger partial charge in [-0.1, -0.05) is 73.6 Å². The third-order valence-corrected chi connectivity index (χ3v) is 4.52. The van der Waals surface area contributed by atoms with Crippen molar-refractivity contribution in [3.8, 4) is 5.75 Å². The summed E-state index contributed by atoms with van der Waals surface area (Å²) in [7, 11) is 9.78. The molecule has 0 atom stereocenters. The monoisotopic (exact) mass is 403 g/mol. The van der Waals surface area contributed by atoms with E-state index in [1.165, 1.54) is 27.8 Å². The van der Waals surface area contributed by atoms with Crippen LogP contribution in [0.4, 0.5) is 0 Å². The van der Waals surface area contributed by atoms with Gasteiger partial charge >= 0.3 is 35.6 Å². The molecule has 4 heteroatoms. The molecular formula is C20H29Cl2OTi-. The van der Waals surface area contributed by atoms with Gasteiger partial charge < -0.3 is 5.11 Å². The molecule has 2 aromatic carbocycles.